The number of ketones is 1. The second-order valence-corrected chi connectivity index (χ2v) is 7.45. The molecule has 1 aromatic carbocycles. The van der Waals surface area contributed by atoms with E-state index in [0.29, 0.717) is 35.2 Å². The molecule has 0 spiro atoms. The number of Topliss-reactive ketones (excluding diaryl/α,β-unsaturated/α-hetero) is 1. The number of amides is 1. The van der Waals surface area contributed by atoms with Gasteiger partial charge in [-0.2, -0.15) is 0 Å². The minimum absolute atomic E-state index is 0.179. The highest BCUT2D eigenvalue weighted by Gasteiger charge is 2.24. The molecule has 2 rings (SSSR count). The van der Waals surface area contributed by atoms with E-state index in [2.05, 4.69) is 5.32 Å². The maximum atomic E-state index is 12.5. The van der Waals surface area contributed by atoms with Crippen molar-refractivity contribution in [3.05, 3.63) is 45.8 Å². The van der Waals surface area contributed by atoms with Crippen molar-refractivity contribution in [1.82, 2.24) is 0 Å². The topological polar surface area (TPSA) is 90.9 Å². The summed E-state index contributed by atoms with van der Waals surface area (Å²) in [6.45, 7) is 9.74. The first kappa shape index (κ1) is 24.1. The number of anilines is 1. The molecule has 7 nitrogen and oxygen atoms in total. The Hall–Kier alpha value is -3.13. The lowest BCUT2D eigenvalue weighted by molar-refractivity contribution is -0.111. The van der Waals surface area contributed by atoms with Crippen LogP contribution in [0.25, 0.3) is 6.08 Å². The van der Waals surface area contributed by atoms with Gasteiger partial charge in [-0.05, 0) is 64.0 Å². The monoisotopic (exact) mass is 445 g/mol. The molecule has 31 heavy (non-hydrogen) atoms. The van der Waals surface area contributed by atoms with Gasteiger partial charge in [-0.3, -0.25) is 9.59 Å². The van der Waals surface area contributed by atoms with Crippen LogP contribution in [0.4, 0.5) is 5.00 Å². The summed E-state index contributed by atoms with van der Waals surface area (Å²) in [6.07, 6.45) is 2.98. The van der Waals surface area contributed by atoms with Gasteiger partial charge in [0.1, 0.15) is 5.00 Å². The molecule has 0 atom stereocenters. The van der Waals surface area contributed by atoms with Gasteiger partial charge in [0.2, 0.25) is 5.91 Å². The second-order valence-electron chi connectivity index (χ2n) is 6.43. The highest BCUT2D eigenvalue weighted by Crippen LogP contribution is 2.34. The van der Waals surface area contributed by atoms with Crippen molar-refractivity contribution in [2.75, 3.05) is 25.1 Å². The van der Waals surface area contributed by atoms with Gasteiger partial charge >= 0.3 is 5.97 Å². The predicted octanol–water partition coefficient (Wildman–Crippen LogP) is 4.89. The fourth-order valence-electron chi connectivity index (χ4n) is 2.88. The van der Waals surface area contributed by atoms with Gasteiger partial charge in [0.05, 0.1) is 30.3 Å². The number of esters is 1. The van der Waals surface area contributed by atoms with Crippen molar-refractivity contribution < 1.29 is 28.6 Å². The van der Waals surface area contributed by atoms with E-state index in [0.717, 1.165) is 16.9 Å². The number of carbonyl (C=O) groups excluding carboxylic acids is 3. The molecule has 0 radical (unpaired) electrons. The summed E-state index contributed by atoms with van der Waals surface area (Å²) < 4.78 is 16.2. The van der Waals surface area contributed by atoms with Gasteiger partial charge in [-0.25, -0.2) is 4.79 Å². The highest BCUT2D eigenvalue weighted by molar-refractivity contribution is 7.18. The van der Waals surface area contributed by atoms with Crippen LogP contribution in [0.1, 0.15) is 58.9 Å². The van der Waals surface area contributed by atoms with E-state index in [4.69, 9.17) is 14.2 Å². The fourth-order valence-corrected chi connectivity index (χ4v) is 3.98. The first-order valence-electron chi connectivity index (χ1n) is 10.0. The van der Waals surface area contributed by atoms with Crippen LogP contribution in [-0.4, -0.2) is 37.5 Å². The third-order valence-electron chi connectivity index (χ3n) is 4.18. The fraction of sp³-hybridized carbons (Fsp3) is 0.348. The van der Waals surface area contributed by atoms with E-state index < -0.39 is 11.9 Å². The van der Waals surface area contributed by atoms with E-state index in [1.165, 1.54) is 13.0 Å². The molecule has 166 valence electrons. The first-order chi connectivity index (χ1) is 14.8. The van der Waals surface area contributed by atoms with Crippen molar-refractivity contribution >= 4 is 40.1 Å². The van der Waals surface area contributed by atoms with Crippen LogP contribution in [0.2, 0.25) is 0 Å². The van der Waals surface area contributed by atoms with Crippen molar-refractivity contribution in [3.63, 3.8) is 0 Å². The molecule has 8 heteroatoms. The Morgan fingerprint density at radius 1 is 1.03 bits per heavy atom. The molecule has 0 unspecified atom stereocenters. The molecule has 1 amide bonds. The summed E-state index contributed by atoms with van der Waals surface area (Å²) in [5, 5.41) is 2.98. The molecule has 0 aliphatic heterocycles. The zero-order chi connectivity index (χ0) is 23.0. The lowest BCUT2D eigenvalue weighted by atomic mass is 10.1. The first-order valence-corrected chi connectivity index (χ1v) is 10.8. The van der Waals surface area contributed by atoms with Crippen LogP contribution >= 0.6 is 11.3 Å². The molecule has 0 saturated carbocycles. The summed E-state index contributed by atoms with van der Waals surface area (Å²) in [4.78, 5) is 37.1. The Kier molecular flexibility index (Phi) is 8.81. The van der Waals surface area contributed by atoms with Gasteiger partial charge in [0.15, 0.2) is 17.3 Å². The molecule has 1 aromatic heterocycles. The molecule has 0 bridgehead atoms. The lowest BCUT2D eigenvalue weighted by Gasteiger charge is -2.11. The average Bonchev–Trinajstić information content (AvgIpc) is 3.04. The summed E-state index contributed by atoms with van der Waals surface area (Å²) in [6, 6.07) is 5.38. The van der Waals surface area contributed by atoms with Gasteiger partial charge < -0.3 is 19.5 Å². The van der Waals surface area contributed by atoms with Crippen LogP contribution in [0.5, 0.6) is 11.5 Å². The standard InChI is InChI=1S/C23H27NO6S/c1-6-28-17-11-9-16(13-18(17)29-7-2)10-12-19(26)24-22-20(23(27)30-8-3)14(4)21(31-22)15(5)25/h9-13H,6-8H2,1-5H3,(H,24,26). The molecule has 1 heterocycles. The van der Waals surface area contributed by atoms with Crippen molar-refractivity contribution in [2.24, 2.45) is 0 Å². The smallest absolute Gasteiger partial charge is 0.341 e. The highest BCUT2D eigenvalue weighted by atomic mass is 32.1. The minimum Gasteiger partial charge on any atom is -0.490 e. The van der Waals surface area contributed by atoms with E-state index in [1.807, 2.05) is 19.9 Å². The summed E-state index contributed by atoms with van der Waals surface area (Å²) in [5.41, 5.74) is 1.46. The van der Waals surface area contributed by atoms with E-state index in [1.54, 1.807) is 32.1 Å². The predicted molar refractivity (Wildman–Crippen MR) is 121 cm³/mol. The normalized spacial score (nSPS) is 10.7. The van der Waals surface area contributed by atoms with Crippen LogP contribution in [-0.2, 0) is 9.53 Å². The number of ether oxygens (including phenoxy) is 3. The van der Waals surface area contributed by atoms with E-state index in [9.17, 15) is 14.4 Å². The molecular formula is C23H27NO6S. The van der Waals surface area contributed by atoms with Crippen LogP contribution in [0.15, 0.2) is 24.3 Å². The van der Waals surface area contributed by atoms with E-state index in [-0.39, 0.29) is 23.0 Å². The molecule has 0 aliphatic rings. The summed E-state index contributed by atoms with van der Waals surface area (Å²) in [7, 11) is 0. The van der Waals surface area contributed by atoms with E-state index >= 15 is 0 Å². The minimum atomic E-state index is -0.573. The number of carbonyl (C=O) groups is 3. The second kappa shape index (κ2) is 11.3. The molecule has 2 aromatic rings. The molecule has 0 fully saturated rings. The molecule has 1 N–H and O–H groups in total. The number of hydrogen-bond acceptors (Lipinski definition) is 7. The Balaban J connectivity index is 2.25. The lowest BCUT2D eigenvalue weighted by Crippen LogP contribution is -2.12. The number of hydrogen-bond donors (Lipinski definition) is 1. The maximum absolute atomic E-state index is 12.5. The van der Waals surface area contributed by atoms with Gasteiger partial charge in [0.25, 0.3) is 0 Å². The summed E-state index contributed by atoms with van der Waals surface area (Å²) in [5.74, 6) is 0.0407. The third kappa shape index (κ3) is 6.18. The third-order valence-corrected chi connectivity index (χ3v) is 5.49. The number of rotatable bonds is 10. The molecular weight excluding hydrogens is 418 g/mol. The Bertz CT molecular complexity index is 992. The zero-order valence-electron chi connectivity index (χ0n) is 18.4. The van der Waals surface area contributed by atoms with Gasteiger partial charge in [-0.1, -0.05) is 6.07 Å². The van der Waals surface area contributed by atoms with Crippen LogP contribution in [0.3, 0.4) is 0 Å². The van der Waals surface area contributed by atoms with Crippen LogP contribution in [0, 0.1) is 6.92 Å². The van der Waals surface area contributed by atoms with Gasteiger partial charge in [0, 0.05) is 6.08 Å². The number of nitrogens with one attached hydrogen (secondary N) is 1. The molecule has 0 saturated heterocycles. The van der Waals surface area contributed by atoms with Crippen molar-refractivity contribution in [2.45, 2.75) is 34.6 Å². The largest absolute Gasteiger partial charge is 0.490 e. The molecule has 0 aliphatic carbocycles. The Morgan fingerprint density at radius 2 is 1.71 bits per heavy atom. The number of thiophene rings is 1. The van der Waals surface area contributed by atoms with Crippen molar-refractivity contribution in [3.8, 4) is 11.5 Å². The quantitative estimate of drug-likeness (QED) is 0.318. The SMILES string of the molecule is CCOC(=O)c1c(NC(=O)C=Cc2ccc(OCC)c(OCC)c2)sc(C(C)=O)c1C. The Labute approximate surface area is 186 Å². The van der Waals surface area contributed by atoms with Crippen molar-refractivity contribution in [1.29, 1.82) is 0 Å². The Morgan fingerprint density at radius 3 is 2.32 bits per heavy atom. The number of benzene rings is 1. The average molecular weight is 446 g/mol. The summed E-state index contributed by atoms with van der Waals surface area (Å²) >= 11 is 1.06. The maximum Gasteiger partial charge on any atom is 0.341 e. The van der Waals surface area contributed by atoms with Crippen LogP contribution < -0.4 is 14.8 Å². The van der Waals surface area contributed by atoms with Gasteiger partial charge in [-0.15, -0.1) is 11.3 Å². The zero-order valence-corrected chi connectivity index (χ0v) is 19.2.